The molecule has 0 aromatic carbocycles. The highest BCUT2D eigenvalue weighted by Crippen LogP contribution is 2.44. The SMILES string of the molecule is COC(=O)c1cccnc1N1CCCC2(CCc3cn[nH]c32)C1. The monoisotopic (exact) mass is 312 g/mol. The molecule has 1 saturated heterocycles. The normalized spacial score (nSPS) is 23.1. The van der Waals surface area contributed by atoms with Crippen molar-refractivity contribution in [2.45, 2.75) is 31.1 Å². The van der Waals surface area contributed by atoms with E-state index in [2.05, 4.69) is 20.1 Å². The molecule has 2 aromatic heterocycles. The number of ether oxygens (including phenoxy) is 1. The van der Waals surface area contributed by atoms with Gasteiger partial charge in [-0.05, 0) is 43.4 Å². The van der Waals surface area contributed by atoms with Crippen LogP contribution in [0.3, 0.4) is 0 Å². The van der Waals surface area contributed by atoms with Gasteiger partial charge in [-0.3, -0.25) is 5.10 Å². The minimum atomic E-state index is -0.332. The van der Waals surface area contributed by atoms with Gasteiger partial charge in [0.2, 0.25) is 0 Å². The second-order valence-corrected chi connectivity index (χ2v) is 6.44. The van der Waals surface area contributed by atoms with Gasteiger partial charge < -0.3 is 9.64 Å². The lowest BCUT2D eigenvalue weighted by Gasteiger charge is -2.41. The first-order valence-corrected chi connectivity index (χ1v) is 8.04. The Morgan fingerprint density at radius 2 is 2.35 bits per heavy atom. The molecule has 2 aliphatic rings. The summed E-state index contributed by atoms with van der Waals surface area (Å²) in [5.41, 5.74) is 3.25. The van der Waals surface area contributed by atoms with E-state index in [0.717, 1.165) is 44.6 Å². The molecule has 0 saturated carbocycles. The number of carbonyl (C=O) groups excluding carboxylic acids is 1. The van der Waals surface area contributed by atoms with Gasteiger partial charge in [0.15, 0.2) is 0 Å². The van der Waals surface area contributed by atoms with Gasteiger partial charge in [0.1, 0.15) is 11.4 Å². The van der Waals surface area contributed by atoms with E-state index in [1.54, 1.807) is 18.3 Å². The number of fused-ring (bicyclic) bond motifs is 2. The highest BCUT2D eigenvalue weighted by molar-refractivity contribution is 5.94. The maximum absolute atomic E-state index is 12.0. The Balaban J connectivity index is 1.68. The molecule has 1 atom stereocenters. The zero-order valence-corrected chi connectivity index (χ0v) is 13.2. The molecule has 1 fully saturated rings. The Bertz CT molecular complexity index is 742. The number of esters is 1. The highest BCUT2D eigenvalue weighted by atomic mass is 16.5. The van der Waals surface area contributed by atoms with Gasteiger partial charge in [-0.15, -0.1) is 0 Å². The molecule has 0 amide bonds. The molecule has 6 heteroatoms. The van der Waals surface area contributed by atoms with Gasteiger partial charge in [0.25, 0.3) is 0 Å². The third kappa shape index (κ3) is 2.20. The largest absolute Gasteiger partial charge is 0.465 e. The van der Waals surface area contributed by atoms with Crippen LogP contribution in [0.2, 0.25) is 0 Å². The van der Waals surface area contributed by atoms with Gasteiger partial charge >= 0.3 is 5.97 Å². The number of pyridine rings is 1. The number of methoxy groups -OCH3 is 1. The molecule has 23 heavy (non-hydrogen) atoms. The molecule has 1 aliphatic heterocycles. The van der Waals surface area contributed by atoms with E-state index < -0.39 is 0 Å². The first-order valence-electron chi connectivity index (χ1n) is 8.04. The lowest BCUT2D eigenvalue weighted by atomic mass is 9.77. The number of hydrogen-bond acceptors (Lipinski definition) is 5. The second kappa shape index (κ2) is 5.37. The Hall–Kier alpha value is -2.37. The molecule has 1 N–H and O–H groups in total. The van der Waals surface area contributed by atoms with E-state index in [4.69, 9.17) is 4.74 Å². The number of H-pyrrole nitrogens is 1. The van der Waals surface area contributed by atoms with Crippen molar-refractivity contribution in [3.63, 3.8) is 0 Å². The minimum Gasteiger partial charge on any atom is -0.465 e. The summed E-state index contributed by atoms with van der Waals surface area (Å²) in [7, 11) is 1.41. The Kier molecular flexibility index (Phi) is 3.32. The maximum Gasteiger partial charge on any atom is 0.341 e. The number of nitrogens with one attached hydrogen (secondary N) is 1. The summed E-state index contributed by atoms with van der Waals surface area (Å²) >= 11 is 0. The van der Waals surface area contributed by atoms with Crippen molar-refractivity contribution in [3.8, 4) is 0 Å². The summed E-state index contributed by atoms with van der Waals surface area (Å²) in [6, 6.07) is 3.56. The van der Waals surface area contributed by atoms with Crippen LogP contribution in [0.4, 0.5) is 5.82 Å². The first-order chi connectivity index (χ1) is 11.2. The van der Waals surface area contributed by atoms with Crippen LogP contribution < -0.4 is 4.90 Å². The van der Waals surface area contributed by atoms with E-state index in [1.807, 2.05) is 6.20 Å². The molecule has 0 bridgehead atoms. The van der Waals surface area contributed by atoms with Crippen molar-refractivity contribution >= 4 is 11.8 Å². The molecule has 1 spiro atoms. The van der Waals surface area contributed by atoms with Gasteiger partial charge in [-0.2, -0.15) is 5.10 Å². The fourth-order valence-corrected chi connectivity index (χ4v) is 4.10. The average Bonchev–Trinajstić information content (AvgIpc) is 3.19. The van der Waals surface area contributed by atoms with E-state index >= 15 is 0 Å². The van der Waals surface area contributed by atoms with Crippen LogP contribution in [0.25, 0.3) is 0 Å². The fraction of sp³-hybridized carbons (Fsp3) is 0.471. The van der Waals surface area contributed by atoms with Crippen molar-refractivity contribution in [1.29, 1.82) is 0 Å². The number of anilines is 1. The number of piperidine rings is 1. The van der Waals surface area contributed by atoms with Crippen LogP contribution >= 0.6 is 0 Å². The van der Waals surface area contributed by atoms with Crippen LogP contribution in [-0.2, 0) is 16.6 Å². The average molecular weight is 312 g/mol. The number of aromatic nitrogens is 3. The van der Waals surface area contributed by atoms with E-state index in [-0.39, 0.29) is 11.4 Å². The van der Waals surface area contributed by atoms with E-state index in [9.17, 15) is 4.79 Å². The predicted molar refractivity (Wildman–Crippen MR) is 85.6 cm³/mol. The number of aromatic amines is 1. The Labute approximate surface area is 134 Å². The smallest absolute Gasteiger partial charge is 0.341 e. The molecule has 4 rings (SSSR count). The lowest BCUT2D eigenvalue weighted by Crippen LogP contribution is -2.46. The summed E-state index contributed by atoms with van der Waals surface area (Å²) in [6.07, 6.45) is 8.12. The molecule has 1 unspecified atom stereocenters. The van der Waals surface area contributed by atoms with Crippen molar-refractivity contribution in [3.05, 3.63) is 41.3 Å². The summed E-state index contributed by atoms with van der Waals surface area (Å²) in [6.45, 7) is 1.77. The predicted octanol–water partition coefficient (Wildman–Crippen LogP) is 2.08. The van der Waals surface area contributed by atoms with Gasteiger partial charge in [0, 0.05) is 30.4 Å². The molecule has 3 heterocycles. The van der Waals surface area contributed by atoms with Crippen LogP contribution in [0.15, 0.2) is 24.5 Å². The summed E-state index contributed by atoms with van der Waals surface area (Å²) in [5, 5.41) is 7.43. The quantitative estimate of drug-likeness (QED) is 0.860. The first kappa shape index (κ1) is 14.2. The standard InChI is InChI=1S/C17H20N4O2/c1-23-16(22)13-4-2-8-18-15(13)21-9-3-6-17(11-21)7-5-12-10-19-20-14(12)17/h2,4,8,10H,3,5-7,9,11H2,1H3,(H,19,20). The van der Waals surface area contributed by atoms with Gasteiger partial charge in [0.05, 0.1) is 13.3 Å². The Morgan fingerprint density at radius 3 is 3.22 bits per heavy atom. The van der Waals surface area contributed by atoms with Crippen LogP contribution in [-0.4, -0.2) is 41.3 Å². The molecule has 0 radical (unpaired) electrons. The third-order valence-electron chi connectivity index (χ3n) is 5.19. The van der Waals surface area contributed by atoms with Crippen molar-refractivity contribution < 1.29 is 9.53 Å². The third-order valence-corrected chi connectivity index (χ3v) is 5.19. The molecular weight excluding hydrogens is 292 g/mol. The molecule has 2 aromatic rings. The highest BCUT2D eigenvalue weighted by Gasteiger charge is 2.44. The van der Waals surface area contributed by atoms with Crippen molar-refractivity contribution in [1.82, 2.24) is 15.2 Å². The second-order valence-electron chi connectivity index (χ2n) is 6.44. The Morgan fingerprint density at radius 1 is 1.43 bits per heavy atom. The van der Waals surface area contributed by atoms with Crippen LogP contribution in [0.1, 0.15) is 40.9 Å². The zero-order chi connectivity index (χ0) is 15.9. The summed E-state index contributed by atoms with van der Waals surface area (Å²) in [5.74, 6) is 0.396. The number of carbonyl (C=O) groups is 1. The molecule has 1 aliphatic carbocycles. The van der Waals surface area contributed by atoms with Crippen LogP contribution in [0.5, 0.6) is 0 Å². The summed E-state index contributed by atoms with van der Waals surface area (Å²) in [4.78, 5) is 18.7. The van der Waals surface area contributed by atoms with Crippen molar-refractivity contribution in [2.24, 2.45) is 0 Å². The topological polar surface area (TPSA) is 71.1 Å². The fourth-order valence-electron chi connectivity index (χ4n) is 4.10. The number of rotatable bonds is 2. The van der Waals surface area contributed by atoms with Crippen molar-refractivity contribution in [2.75, 3.05) is 25.1 Å². The van der Waals surface area contributed by atoms with Crippen LogP contribution in [0, 0.1) is 0 Å². The molecule has 6 nitrogen and oxygen atoms in total. The zero-order valence-electron chi connectivity index (χ0n) is 13.2. The molecular formula is C17H20N4O2. The lowest BCUT2D eigenvalue weighted by molar-refractivity contribution is 0.0600. The van der Waals surface area contributed by atoms with E-state index in [0.29, 0.717) is 5.56 Å². The number of aryl methyl sites for hydroxylation is 1. The number of nitrogens with zero attached hydrogens (tertiary/aromatic N) is 3. The van der Waals surface area contributed by atoms with E-state index in [1.165, 1.54) is 18.4 Å². The summed E-state index contributed by atoms with van der Waals surface area (Å²) < 4.78 is 4.91. The van der Waals surface area contributed by atoms with Gasteiger partial charge in [-0.1, -0.05) is 0 Å². The minimum absolute atomic E-state index is 0.106. The maximum atomic E-state index is 12.0. The number of hydrogen-bond donors (Lipinski definition) is 1. The van der Waals surface area contributed by atoms with Gasteiger partial charge in [-0.25, -0.2) is 9.78 Å². The molecule has 120 valence electrons.